The molecule has 0 aliphatic carbocycles. The molecule has 0 heterocycles. The molecule has 0 aromatic heterocycles. The molecular weight excluding hydrogens is 304 g/mol. The van der Waals surface area contributed by atoms with Crippen LogP contribution < -0.4 is 10.6 Å². The molecule has 0 aliphatic heterocycles. The third kappa shape index (κ3) is 4.79. The van der Waals surface area contributed by atoms with E-state index in [0.717, 1.165) is 11.1 Å². The lowest BCUT2D eigenvalue weighted by atomic mass is 10.1. The molecule has 1 atom stereocenters. The summed E-state index contributed by atoms with van der Waals surface area (Å²) >= 11 is 0. The number of aliphatic hydroxyl groups is 1. The maximum Gasteiger partial charge on any atom is 0.251 e. The molecule has 0 saturated carbocycles. The number of hydrogen-bond donors (Lipinski definition) is 3. The van der Waals surface area contributed by atoms with Gasteiger partial charge in [-0.15, -0.1) is 0 Å². The van der Waals surface area contributed by atoms with Gasteiger partial charge in [-0.25, -0.2) is 0 Å². The fraction of sp³-hybridized carbons (Fsp3) is 0.158. The van der Waals surface area contributed by atoms with Gasteiger partial charge in [-0.05, 0) is 29.3 Å². The maximum atomic E-state index is 12.3. The standard InChI is InChI=1S/C19H20N2O3/c1-2-18(23)20-12-14-8-10-16(11-9-14)19(24)21-17(13-22)15-6-4-3-5-7-15/h2-11,17,22H,1,12-13H2,(H,20,23)(H,21,24). The molecule has 0 saturated heterocycles. The first kappa shape index (κ1) is 17.4. The Morgan fingerprint density at radius 1 is 1.08 bits per heavy atom. The summed E-state index contributed by atoms with van der Waals surface area (Å²) in [5.41, 5.74) is 2.21. The molecule has 2 aromatic carbocycles. The van der Waals surface area contributed by atoms with Crippen LogP contribution in [0.3, 0.4) is 0 Å². The van der Waals surface area contributed by atoms with Gasteiger partial charge in [0.1, 0.15) is 0 Å². The SMILES string of the molecule is C=CC(=O)NCc1ccc(C(=O)NC(CO)c2ccccc2)cc1. The predicted octanol–water partition coefficient (Wildman–Crippen LogP) is 1.95. The zero-order valence-electron chi connectivity index (χ0n) is 13.2. The highest BCUT2D eigenvalue weighted by atomic mass is 16.3. The molecular formula is C19H20N2O3. The number of aliphatic hydroxyl groups excluding tert-OH is 1. The van der Waals surface area contributed by atoms with E-state index in [4.69, 9.17) is 0 Å². The summed E-state index contributed by atoms with van der Waals surface area (Å²) in [7, 11) is 0. The molecule has 2 rings (SSSR count). The van der Waals surface area contributed by atoms with Crippen LogP contribution >= 0.6 is 0 Å². The number of rotatable bonds is 7. The van der Waals surface area contributed by atoms with Gasteiger partial charge in [0, 0.05) is 12.1 Å². The number of carbonyl (C=O) groups is 2. The summed E-state index contributed by atoms with van der Waals surface area (Å²) in [4.78, 5) is 23.4. The van der Waals surface area contributed by atoms with Crippen LogP contribution in [0.5, 0.6) is 0 Å². The van der Waals surface area contributed by atoms with E-state index >= 15 is 0 Å². The molecule has 0 bridgehead atoms. The summed E-state index contributed by atoms with van der Waals surface area (Å²) in [5.74, 6) is -0.509. The Bertz CT molecular complexity index is 696. The van der Waals surface area contributed by atoms with Gasteiger partial charge >= 0.3 is 0 Å². The van der Waals surface area contributed by atoms with Crippen LogP contribution in [-0.4, -0.2) is 23.5 Å². The smallest absolute Gasteiger partial charge is 0.251 e. The van der Waals surface area contributed by atoms with E-state index in [0.29, 0.717) is 12.1 Å². The fourth-order valence-electron chi connectivity index (χ4n) is 2.20. The molecule has 5 nitrogen and oxygen atoms in total. The van der Waals surface area contributed by atoms with Crippen LogP contribution in [-0.2, 0) is 11.3 Å². The molecule has 2 aromatic rings. The van der Waals surface area contributed by atoms with Crippen LogP contribution in [0.1, 0.15) is 27.5 Å². The lowest BCUT2D eigenvalue weighted by molar-refractivity contribution is -0.116. The van der Waals surface area contributed by atoms with Crippen molar-refractivity contribution < 1.29 is 14.7 Å². The topological polar surface area (TPSA) is 78.4 Å². The van der Waals surface area contributed by atoms with Gasteiger partial charge in [-0.2, -0.15) is 0 Å². The summed E-state index contributed by atoms with van der Waals surface area (Å²) < 4.78 is 0. The molecule has 2 amide bonds. The summed E-state index contributed by atoms with van der Waals surface area (Å²) in [6.45, 7) is 3.58. The van der Waals surface area contributed by atoms with E-state index in [-0.39, 0.29) is 18.4 Å². The number of benzene rings is 2. The first-order valence-corrected chi connectivity index (χ1v) is 7.60. The minimum Gasteiger partial charge on any atom is -0.394 e. The van der Waals surface area contributed by atoms with Crippen molar-refractivity contribution in [3.05, 3.63) is 83.9 Å². The molecule has 0 fully saturated rings. The van der Waals surface area contributed by atoms with Crippen molar-refractivity contribution in [2.75, 3.05) is 6.61 Å². The second-order valence-corrected chi connectivity index (χ2v) is 5.24. The first-order chi connectivity index (χ1) is 11.6. The predicted molar refractivity (Wildman–Crippen MR) is 92.2 cm³/mol. The largest absolute Gasteiger partial charge is 0.394 e. The number of nitrogens with one attached hydrogen (secondary N) is 2. The molecule has 0 aliphatic rings. The second-order valence-electron chi connectivity index (χ2n) is 5.24. The van der Waals surface area contributed by atoms with Gasteiger partial charge < -0.3 is 15.7 Å². The van der Waals surface area contributed by atoms with E-state index in [1.165, 1.54) is 6.08 Å². The van der Waals surface area contributed by atoms with Crippen LogP contribution in [0.25, 0.3) is 0 Å². The molecule has 3 N–H and O–H groups in total. The Balaban J connectivity index is 1.99. The Morgan fingerprint density at radius 3 is 2.33 bits per heavy atom. The minimum absolute atomic E-state index is 0.179. The molecule has 24 heavy (non-hydrogen) atoms. The van der Waals surface area contributed by atoms with Crippen molar-refractivity contribution in [3.8, 4) is 0 Å². The highest BCUT2D eigenvalue weighted by molar-refractivity contribution is 5.94. The molecule has 5 heteroatoms. The monoisotopic (exact) mass is 324 g/mol. The van der Waals surface area contributed by atoms with E-state index in [9.17, 15) is 14.7 Å². The molecule has 0 spiro atoms. The van der Waals surface area contributed by atoms with Crippen LogP contribution in [0.2, 0.25) is 0 Å². The van der Waals surface area contributed by atoms with Crippen LogP contribution in [0.4, 0.5) is 0 Å². The number of hydrogen-bond acceptors (Lipinski definition) is 3. The molecule has 124 valence electrons. The number of carbonyl (C=O) groups excluding carboxylic acids is 2. The van der Waals surface area contributed by atoms with Crippen molar-refractivity contribution in [2.24, 2.45) is 0 Å². The lowest BCUT2D eigenvalue weighted by Gasteiger charge is -2.17. The maximum absolute atomic E-state index is 12.3. The van der Waals surface area contributed by atoms with Crippen molar-refractivity contribution in [3.63, 3.8) is 0 Å². The van der Waals surface area contributed by atoms with Gasteiger partial charge in [-0.3, -0.25) is 9.59 Å². The van der Waals surface area contributed by atoms with E-state index in [1.54, 1.807) is 24.3 Å². The quantitative estimate of drug-likeness (QED) is 0.681. The Morgan fingerprint density at radius 2 is 1.75 bits per heavy atom. The average molecular weight is 324 g/mol. The average Bonchev–Trinajstić information content (AvgIpc) is 2.65. The minimum atomic E-state index is -0.453. The van der Waals surface area contributed by atoms with E-state index in [2.05, 4.69) is 17.2 Å². The molecule has 1 unspecified atom stereocenters. The Hall–Kier alpha value is -2.92. The van der Waals surface area contributed by atoms with E-state index in [1.807, 2.05) is 30.3 Å². The summed E-state index contributed by atoms with van der Waals surface area (Å²) in [5, 5.41) is 15.0. The van der Waals surface area contributed by atoms with Crippen molar-refractivity contribution in [2.45, 2.75) is 12.6 Å². The van der Waals surface area contributed by atoms with Gasteiger partial charge in [0.2, 0.25) is 5.91 Å². The Labute approximate surface area is 141 Å². The van der Waals surface area contributed by atoms with Gasteiger partial charge in [-0.1, -0.05) is 49.0 Å². The third-order valence-corrected chi connectivity index (χ3v) is 3.56. The van der Waals surface area contributed by atoms with Crippen LogP contribution in [0.15, 0.2) is 67.3 Å². The van der Waals surface area contributed by atoms with Gasteiger partial charge in [0.25, 0.3) is 5.91 Å². The zero-order valence-corrected chi connectivity index (χ0v) is 13.2. The summed E-state index contributed by atoms with van der Waals surface area (Å²) in [6.07, 6.45) is 1.21. The molecule has 0 radical (unpaired) electrons. The summed E-state index contributed by atoms with van der Waals surface area (Å²) in [6, 6.07) is 15.8. The van der Waals surface area contributed by atoms with Crippen LogP contribution in [0, 0.1) is 0 Å². The zero-order chi connectivity index (χ0) is 17.4. The second kappa shape index (κ2) is 8.64. The highest BCUT2D eigenvalue weighted by Crippen LogP contribution is 2.13. The normalized spacial score (nSPS) is 11.4. The fourth-order valence-corrected chi connectivity index (χ4v) is 2.20. The van der Waals surface area contributed by atoms with E-state index < -0.39 is 6.04 Å². The van der Waals surface area contributed by atoms with Gasteiger partial charge in [0.05, 0.1) is 12.6 Å². The van der Waals surface area contributed by atoms with Crippen molar-refractivity contribution in [1.82, 2.24) is 10.6 Å². The lowest BCUT2D eigenvalue weighted by Crippen LogP contribution is -2.30. The van der Waals surface area contributed by atoms with Gasteiger partial charge in [0.15, 0.2) is 0 Å². The first-order valence-electron chi connectivity index (χ1n) is 7.60. The van der Waals surface area contributed by atoms with Crippen molar-refractivity contribution >= 4 is 11.8 Å². The Kier molecular flexibility index (Phi) is 6.28. The third-order valence-electron chi connectivity index (χ3n) is 3.56. The van der Waals surface area contributed by atoms with Crippen molar-refractivity contribution in [1.29, 1.82) is 0 Å². The number of amides is 2. The highest BCUT2D eigenvalue weighted by Gasteiger charge is 2.14.